The van der Waals surface area contributed by atoms with Crippen LogP contribution in [-0.4, -0.2) is 15.0 Å². The second-order valence-electron chi connectivity index (χ2n) is 7.22. The van der Waals surface area contributed by atoms with Gasteiger partial charge in [0.15, 0.2) is 12.0 Å². The first-order chi connectivity index (χ1) is 11.8. The number of nitrogens with zero attached hydrogens (tertiary/aromatic N) is 3. The number of aryl methyl sites for hydroxylation is 1. The zero-order valence-corrected chi connectivity index (χ0v) is 15.3. The molecule has 1 heterocycles. The highest BCUT2D eigenvalue weighted by Gasteiger charge is 2.41. The van der Waals surface area contributed by atoms with Crippen LogP contribution in [0.2, 0.25) is 0 Å². The number of hydrogen-bond acceptors (Lipinski definition) is 5. The molecule has 0 radical (unpaired) electrons. The van der Waals surface area contributed by atoms with Gasteiger partial charge in [0.1, 0.15) is 0 Å². The van der Waals surface area contributed by atoms with E-state index in [4.69, 9.17) is 5.73 Å². The molecule has 1 aliphatic carbocycles. The molecule has 1 unspecified atom stereocenters. The predicted molar refractivity (Wildman–Crippen MR) is 98.0 cm³/mol. The van der Waals surface area contributed by atoms with E-state index in [9.17, 15) is 4.39 Å². The van der Waals surface area contributed by atoms with Crippen molar-refractivity contribution in [3.8, 4) is 0 Å². The van der Waals surface area contributed by atoms with Crippen molar-refractivity contribution in [2.24, 2.45) is 5.92 Å². The van der Waals surface area contributed by atoms with E-state index in [1.54, 1.807) is 0 Å². The number of hydrogen-bond donors (Lipinski definition) is 2. The summed E-state index contributed by atoms with van der Waals surface area (Å²) in [5.41, 5.74) is 9.24. The van der Waals surface area contributed by atoms with Crippen LogP contribution in [0.3, 0.4) is 0 Å². The predicted octanol–water partition coefficient (Wildman–Crippen LogP) is 4.09. The SMILES string of the molecule is CCCC(F)c1nc(N)nc(N[C@@]2(C)c3cc(C)ccc3C[C@@H]2C)n1. The van der Waals surface area contributed by atoms with Gasteiger partial charge in [0.05, 0.1) is 5.54 Å². The molecule has 1 aromatic carbocycles. The van der Waals surface area contributed by atoms with Crippen LogP contribution in [0, 0.1) is 12.8 Å². The Balaban J connectivity index is 1.96. The Bertz CT molecular complexity index is 778. The zero-order valence-electron chi connectivity index (χ0n) is 15.3. The topological polar surface area (TPSA) is 76.7 Å². The number of nitrogen functional groups attached to an aromatic ring is 1. The van der Waals surface area contributed by atoms with Gasteiger partial charge in [-0.15, -0.1) is 0 Å². The minimum atomic E-state index is -1.22. The quantitative estimate of drug-likeness (QED) is 0.855. The van der Waals surface area contributed by atoms with Crippen molar-refractivity contribution < 1.29 is 4.39 Å². The van der Waals surface area contributed by atoms with Gasteiger partial charge in [-0.2, -0.15) is 15.0 Å². The maximum atomic E-state index is 14.2. The summed E-state index contributed by atoms with van der Waals surface area (Å²) in [6.45, 7) is 8.35. The molecule has 0 saturated carbocycles. The molecule has 134 valence electrons. The van der Waals surface area contributed by atoms with Crippen molar-refractivity contribution in [2.45, 2.75) is 58.7 Å². The summed E-state index contributed by atoms with van der Waals surface area (Å²) < 4.78 is 14.2. The van der Waals surface area contributed by atoms with Crippen molar-refractivity contribution in [1.29, 1.82) is 0 Å². The van der Waals surface area contributed by atoms with Crippen LogP contribution in [0.1, 0.15) is 62.3 Å². The summed E-state index contributed by atoms with van der Waals surface area (Å²) in [5.74, 6) is 0.841. The lowest BCUT2D eigenvalue weighted by atomic mass is 9.86. The van der Waals surface area contributed by atoms with Crippen molar-refractivity contribution in [1.82, 2.24) is 15.0 Å². The van der Waals surface area contributed by atoms with E-state index >= 15 is 0 Å². The number of nitrogens with one attached hydrogen (secondary N) is 1. The van der Waals surface area contributed by atoms with Crippen LogP contribution in [-0.2, 0) is 12.0 Å². The highest BCUT2D eigenvalue weighted by Crippen LogP contribution is 2.43. The average molecular weight is 343 g/mol. The zero-order chi connectivity index (χ0) is 18.2. The number of aromatic nitrogens is 3. The fourth-order valence-electron chi connectivity index (χ4n) is 3.56. The molecule has 5 nitrogen and oxygen atoms in total. The highest BCUT2D eigenvalue weighted by molar-refractivity contribution is 5.48. The first-order valence-corrected chi connectivity index (χ1v) is 8.87. The number of anilines is 2. The summed E-state index contributed by atoms with van der Waals surface area (Å²) in [6.07, 6.45) is 0.850. The Kier molecular flexibility index (Phi) is 4.62. The van der Waals surface area contributed by atoms with Gasteiger partial charge in [0.25, 0.3) is 0 Å². The number of fused-ring (bicyclic) bond motifs is 1. The third-order valence-electron chi connectivity index (χ3n) is 5.20. The molecule has 1 aliphatic rings. The monoisotopic (exact) mass is 343 g/mol. The lowest BCUT2D eigenvalue weighted by Crippen LogP contribution is -2.36. The standard InChI is InChI=1S/C19H26FN5/c1-5-6-15(20)16-22-17(21)24-18(23-16)25-19(4)12(3)10-13-8-7-11(2)9-14(13)19/h7-9,12,15H,5-6,10H2,1-4H3,(H3,21,22,23,24,25)/t12-,15?,19+/m0/s1. The Morgan fingerprint density at radius 2 is 2.12 bits per heavy atom. The maximum Gasteiger partial charge on any atom is 0.228 e. The van der Waals surface area contributed by atoms with Crippen LogP contribution in [0.5, 0.6) is 0 Å². The minimum Gasteiger partial charge on any atom is -0.368 e. The van der Waals surface area contributed by atoms with E-state index in [0.717, 1.165) is 12.8 Å². The van der Waals surface area contributed by atoms with Crippen molar-refractivity contribution >= 4 is 11.9 Å². The van der Waals surface area contributed by atoms with Crippen LogP contribution >= 0.6 is 0 Å². The number of nitrogens with two attached hydrogens (primary N) is 1. The number of rotatable bonds is 5. The van der Waals surface area contributed by atoms with E-state index < -0.39 is 6.17 Å². The van der Waals surface area contributed by atoms with E-state index in [2.05, 4.69) is 59.2 Å². The Hall–Kier alpha value is -2.24. The molecule has 0 bridgehead atoms. The van der Waals surface area contributed by atoms with Crippen molar-refractivity contribution in [3.63, 3.8) is 0 Å². The second-order valence-corrected chi connectivity index (χ2v) is 7.22. The summed E-state index contributed by atoms with van der Waals surface area (Å²) >= 11 is 0. The third-order valence-corrected chi connectivity index (χ3v) is 5.20. The Labute approximate surface area is 148 Å². The number of halogens is 1. The first kappa shape index (κ1) is 17.6. The molecule has 3 N–H and O–H groups in total. The Morgan fingerprint density at radius 3 is 2.84 bits per heavy atom. The van der Waals surface area contributed by atoms with Gasteiger partial charge in [0.2, 0.25) is 11.9 Å². The fraction of sp³-hybridized carbons (Fsp3) is 0.526. The van der Waals surface area contributed by atoms with Crippen LogP contribution in [0.15, 0.2) is 18.2 Å². The summed E-state index contributed by atoms with van der Waals surface area (Å²) in [7, 11) is 0. The summed E-state index contributed by atoms with van der Waals surface area (Å²) in [4.78, 5) is 12.5. The molecule has 25 heavy (non-hydrogen) atoms. The van der Waals surface area contributed by atoms with Gasteiger partial charge < -0.3 is 11.1 Å². The minimum absolute atomic E-state index is 0.0463. The van der Waals surface area contributed by atoms with E-state index in [0.29, 0.717) is 18.3 Å². The largest absolute Gasteiger partial charge is 0.368 e. The number of alkyl halides is 1. The van der Waals surface area contributed by atoms with E-state index in [1.165, 1.54) is 16.7 Å². The second kappa shape index (κ2) is 6.58. The summed E-state index contributed by atoms with van der Waals surface area (Å²) in [5, 5.41) is 3.42. The molecule has 2 aromatic rings. The van der Waals surface area contributed by atoms with Crippen LogP contribution in [0.25, 0.3) is 0 Å². The third kappa shape index (κ3) is 3.30. The molecule has 0 fully saturated rings. The van der Waals surface area contributed by atoms with Crippen LogP contribution in [0.4, 0.5) is 16.3 Å². The fourth-order valence-corrected chi connectivity index (χ4v) is 3.56. The molecular formula is C19H26FN5. The van der Waals surface area contributed by atoms with Crippen molar-refractivity contribution in [3.05, 3.63) is 40.7 Å². The molecule has 3 rings (SSSR count). The number of benzene rings is 1. The maximum absolute atomic E-state index is 14.2. The van der Waals surface area contributed by atoms with Gasteiger partial charge >= 0.3 is 0 Å². The van der Waals surface area contributed by atoms with Gasteiger partial charge in [-0.1, -0.05) is 44.0 Å². The molecule has 0 saturated heterocycles. The van der Waals surface area contributed by atoms with E-state index in [-0.39, 0.29) is 17.3 Å². The molecule has 0 aliphatic heterocycles. The average Bonchev–Trinajstić information content (AvgIpc) is 2.78. The van der Waals surface area contributed by atoms with Crippen molar-refractivity contribution in [2.75, 3.05) is 11.1 Å². The van der Waals surface area contributed by atoms with Gasteiger partial charge in [-0.25, -0.2) is 4.39 Å². The summed E-state index contributed by atoms with van der Waals surface area (Å²) in [6, 6.07) is 6.52. The van der Waals surface area contributed by atoms with Gasteiger partial charge in [0, 0.05) is 0 Å². The lowest BCUT2D eigenvalue weighted by molar-refractivity contribution is 0.305. The molecule has 6 heteroatoms. The molecule has 0 amide bonds. The smallest absolute Gasteiger partial charge is 0.228 e. The first-order valence-electron chi connectivity index (χ1n) is 8.87. The molecular weight excluding hydrogens is 317 g/mol. The molecule has 0 spiro atoms. The van der Waals surface area contributed by atoms with Gasteiger partial charge in [-0.3, -0.25) is 0 Å². The van der Waals surface area contributed by atoms with Gasteiger partial charge in [-0.05, 0) is 43.7 Å². The normalized spacial score (nSPS) is 23.3. The Morgan fingerprint density at radius 1 is 1.36 bits per heavy atom. The van der Waals surface area contributed by atoms with E-state index in [1.807, 2.05) is 6.92 Å². The molecule has 3 atom stereocenters. The lowest BCUT2D eigenvalue weighted by Gasteiger charge is -2.32. The highest BCUT2D eigenvalue weighted by atomic mass is 19.1. The molecule has 1 aromatic heterocycles. The van der Waals surface area contributed by atoms with Crippen LogP contribution < -0.4 is 11.1 Å².